The van der Waals surface area contributed by atoms with Gasteiger partial charge >= 0.3 is 0 Å². The number of carbonyl (C=O) groups excluding carboxylic acids is 1. The summed E-state index contributed by atoms with van der Waals surface area (Å²) in [5.74, 6) is 3.01. The van der Waals surface area contributed by atoms with E-state index in [1.807, 2.05) is 7.05 Å². The Labute approximate surface area is 177 Å². The summed E-state index contributed by atoms with van der Waals surface area (Å²) in [7, 11) is 1.85. The highest BCUT2D eigenvalue weighted by Gasteiger charge is 2.32. The molecular formula is C23H43N5O. The molecule has 6 heteroatoms. The number of piperidine rings is 1. The summed E-state index contributed by atoms with van der Waals surface area (Å²) in [5.41, 5.74) is 0. The Morgan fingerprint density at radius 3 is 2.38 bits per heavy atom. The highest BCUT2D eigenvalue weighted by atomic mass is 16.2. The summed E-state index contributed by atoms with van der Waals surface area (Å²) in [4.78, 5) is 21.9. The minimum atomic E-state index is 0.283. The molecule has 1 amide bonds. The number of amides is 1. The molecule has 0 spiro atoms. The van der Waals surface area contributed by atoms with Crippen LogP contribution in [0, 0.1) is 17.8 Å². The Bertz CT molecular complexity index is 549. The average molecular weight is 406 g/mol. The van der Waals surface area contributed by atoms with E-state index in [4.69, 9.17) is 0 Å². The second-order valence-electron chi connectivity index (χ2n) is 9.88. The molecule has 1 saturated carbocycles. The third-order valence-electron chi connectivity index (χ3n) is 7.30. The summed E-state index contributed by atoms with van der Waals surface area (Å²) >= 11 is 0. The first kappa shape index (κ1) is 22.4. The Hall–Kier alpha value is -1.30. The van der Waals surface area contributed by atoms with Crippen molar-refractivity contribution in [2.45, 2.75) is 77.8 Å². The molecule has 166 valence electrons. The topological polar surface area (TPSA) is 60.0 Å². The summed E-state index contributed by atoms with van der Waals surface area (Å²) in [5, 5.41) is 7.15. The first-order valence-corrected chi connectivity index (χ1v) is 12.0. The molecule has 3 aliphatic rings. The van der Waals surface area contributed by atoms with Crippen molar-refractivity contribution in [1.82, 2.24) is 20.4 Å². The molecule has 2 unspecified atom stereocenters. The van der Waals surface area contributed by atoms with Gasteiger partial charge in [-0.15, -0.1) is 0 Å². The van der Waals surface area contributed by atoms with Gasteiger partial charge in [-0.05, 0) is 57.0 Å². The van der Waals surface area contributed by atoms with Crippen LogP contribution in [0.15, 0.2) is 4.99 Å². The lowest BCUT2D eigenvalue weighted by molar-refractivity contribution is -0.134. The minimum Gasteiger partial charge on any atom is -0.355 e. The molecule has 0 aromatic heterocycles. The predicted octanol–water partition coefficient (Wildman–Crippen LogP) is 2.70. The van der Waals surface area contributed by atoms with Crippen LogP contribution in [0.25, 0.3) is 0 Å². The van der Waals surface area contributed by atoms with Gasteiger partial charge in [-0.3, -0.25) is 14.7 Å². The molecule has 0 aromatic carbocycles. The zero-order valence-electron chi connectivity index (χ0n) is 19.1. The van der Waals surface area contributed by atoms with Crippen LogP contribution in [0.4, 0.5) is 0 Å². The molecule has 2 saturated heterocycles. The van der Waals surface area contributed by atoms with E-state index in [0.717, 1.165) is 50.8 Å². The number of hydrogen-bond donors (Lipinski definition) is 2. The lowest BCUT2D eigenvalue weighted by Crippen LogP contribution is -2.53. The fourth-order valence-corrected chi connectivity index (χ4v) is 5.25. The van der Waals surface area contributed by atoms with Gasteiger partial charge in [0.05, 0.1) is 0 Å². The molecule has 0 aromatic rings. The quantitative estimate of drug-likeness (QED) is 0.527. The van der Waals surface area contributed by atoms with E-state index in [0.29, 0.717) is 23.9 Å². The molecule has 3 rings (SSSR count). The molecule has 29 heavy (non-hydrogen) atoms. The fraction of sp³-hybridized carbons (Fsp3) is 0.913. The maximum absolute atomic E-state index is 12.7. The number of carbonyl (C=O) groups is 1. The second kappa shape index (κ2) is 10.6. The Morgan fingerprint density at radius 1 is 1.07 bits per heavy atom. The van der Waals surface area contributed by atoms with Gasteiger partial charge in [0, 0.05) is 44.7 Å². The van der Waals surface area contributed by atoms with Gasteiger partial charge in [0.25, 0.3) is 0 Å². The van der Waals surface area contributed by atoms with Gasteiger partial charge in [0.1, 0.15) is 0 Å². The molecule has 0 radical (unpaired) electrons. The lowest BCUT2D eigenvalue weighted by atomic mass is 9.94. The van der Waals surface area contributed by atoms with E-state index < -0.39 is 0 Å². The van der Waals surface area contributed by atoms with E-state index in [-0.39, 0.29) is 5.92 Å². The number of rotatable bonds is 6. The van der Waals surface area contributed by atoms with Crippen molar-refractivity contribution in [1.29, 1.82) is 0 Å². The van der Waals surface area contributed by atoms with Gasteiger partial charge in [-0.1, -0.05) is 33.6 Å². The average Bonchev–Trinajstić information content (AvgIpc) is 3.40. The monoisotopic (exact) mass is 405 g/mol. The predicted molar refractivity (Wildman–Crippen MR) is 120 cm³/mol. The highest BCUT2D eigenvalue weighted by Crippen LogP contribution is 2.28. The second-order valence-corrected chi connectivity index (χ2v) is 9.88. The molecule has 1 aliphatic carbocycles. The molecule has 2 N–H and O–H groups in total. The van der Waals surface area contributed by atoms with Crippen molar-refractivity contribution in [3.05, 3.63) is 0 Å². The first-order chi connectivity index (χ1) is 14.0. The van der Waals surface area contributed by atoms with Crippen LogP contribution < -0.4 is 10.6 Å². The lowest BCUT2D eigenvalue weighted by Gasteiger charge is -2.39. The number of guanidine groups is 1. The van der Waals surface area contributed by atoms with Crippen LogP contribution in [0.2, 0.25) is 0 Å². The maximum atomic E-state index is 12.7. The standard InChI is InChI=1S/C23H43N5O/c1-17(2)21(27-12-9-18(3)10-13-27)15-25-23(24-4)26-20-11-14-28(16-20)22(29)19-7-5-6-8-19/h17-21H,5-16H2,1-4H3,(H2,24,25,26). The van der Waals surface area contributed by atoms with Crippen LogP contribution in [-0.4, -0.2) is 73.5 Å². The van der Waals surface area contributed by atoms with E-state index >= 15 is 0 Å². The number of aliphatic imine (C=N–C) groups is 1. The van der Waals surface area contributed by atoms with Crippen molar-refractivity contribution < 1.29 is 4.79 Å². The summed E-state index contributed by atoms with van der Waals surface area (Å²) < 4.78 is 0. The third-order valence-corrected chi connectivity index (χ3v) is 7.30. The largest absolute Gasteiger partial charge is 0.355 e. The Kier molecular flexibility index (Phi) is 8.22. The zero-order valence-corrected chi connectivity index (χ0v) is 19.1. The third kappa shape index (κ3) is 6.09. The van der Waals surface area contributed by atoms with Gasteiger partial charge < -0.3 is 15.5 Å². The Morgan fingerprint density at radius 2 is 1.76 bits per heavy atom. The number of nitrogens with one attached hydrogen (secondary N) is 2. The molecule has 0 bridgehead atoms. The molecule has 3 fully saturated rings. The van der Waals surface area contributed by atoms with Gasteiger partial charge in [0.15, 0.2) is 5.96 Å². The normalized spacial score (nSPS) is 26.3. The van der Waals surface area contributed by atoms with Gasteiger partial charge in [-0.2, -0.15) is 0 Å². The van der Waals surface area contributed by atoms with Gasteiger partial charge in [0.2, 0.25) is 5.91 Å². The summed E-state index contributed by atoms with van der Waals surface area (Å²) in [6, 6.07) is 0.838. The van der Waals surface area contributed by atoms with Crippen molar-refractivity contribution in [3.8, 4) is 0 Å². The van der Waals surface area contributed by atoms with Gasteiger partial charge in [-0.25, -0.2) is 0 Å². The Balaban J connectivity index is 1.45. The number of nitrogens with zero attached hydrogens (tertiary/aromatic N) is 3. The first-order valence-electron chi connectivity index (χ1n) is 12.0. The van der Waals surface area contributed by atoms with E-state index in [1.54, 1.807) is 0 Å². The van der Waals surface area contributed by atoms with Crippen LogP contribution in [0.1, 0.15) is 65.7 Å². The smallest absolute Gasteiger partial charge is 0.225 e. The van der Waals surface area contributed by atoms with E-state index in [1.165, 1.54) is 38.8 Å². The fourth-order valence-electron chi connectivity index (χ4n) is 5.25. The van der Waals surface area contributed by atoms with Crippen LogP contribution >= 0.6 is 0 Å². The summed E-state index contributed by atoms with van der Waals surface area (Å²) in [6.45, 7) is 12.0. The number of hydrogen-bond acceptors (Lipinski definition) is 3. The van der Waals surface area contributed by atoms with E-state index in [9.17, 15) is 4.79 Å². The summed E-state index contributed by atoms with van der Waals surface area (Å²) in [6.07, 6.45) is 8.24. The maximum Gasteiger partial charge on any atom is 0.225 e. The molecule has 2 heterocycles. The van der Waals surface area contributed by atoms with Crippen LogP contribution in [-0.2, 0) is 4.79 Å². The van der Waals surface area contributed by atoms with Crippen molar-refractivity contribution in [2.75, 3.05) is 39.8 Å². The highest BCUT2D eigenvalue weighted by molar-refractivity contribution is 5.81. The zero-order chi connectivity index (χ0) is 20.8. The van der Waals surface area contributed by atoms with Crippen molar-refractivity contribution in [3.63, 3.8) is 0 Å². The SMILES string of the molecule is CN=C(NCC(C(C)C)N1CCC(C)CC1)NC1CCN(C(=O)C2CCCC2)C1. The minimum absolute atomic E-state index is 0.283. The molecule has 2 aliphatic heterocycles. The van der Waals surface area contributed by atoms with Crippen LogP contribution in [0.3, 0.4) is 0 Å². The van der Waals surface area contributed by atoms with Crippen LogP contribution in [0.5, 0.6) is 0 Å². The van der Waals surface area contributed by atoms with E-state index in [2.05, 4.69) is 46.2 Å². The van der Waals surface area contributed by atoms with Crippen molar-refractivity contribution in [2.24, 2.45) is 22.7 Å². The molecule has 2 atom stereocenters. The number of likely N-dealkylation sites (tertiary alicyclic amines) is 2. The van der Waals surface area contributed by atoms with Crippen molar-refractivity contribution >= 4 is 11.9 Å². The molecular weight excluding hydrogens is 362 g/mol. The molecule has 6 nitrogen and oxygen atoms in total.